The summed E-state index contributed by atoms with van der Waals surface area (Å²) in [6.07, 6.45) is 3.22. The molecule has 2 aliphatic heterocycles. The van der Waals surface area contributed by atoms with E-state index in [2.05, 4.69) is 96.4 Å². The molecule has 0 spiro atoms. The van der Waals surface area contributed by atoms with Gasteiger partial charge in [-0.25, -0.2) is 0 Å². The Morgan fingerprint density at radius 3 is 1.56 bits per heavy atom. The summed E-state index contributed by atoms with van der Waals surface area (Å²) in [4.78, 5) is 11.8. The third kappa shape index (κ3) is 5.58. The van der Waals surface area contributed by atoms with Crippen molar-refractivity contribution in [2.24, 2.45) is 0 Å². The van der Waals surface area contributed by atoms with Gasteiger partial charge in [-0.3, -0.25) is 4.79 Å². The Hall–Kier alpha value is -2.32. The molecule has 3 heterocycles. The van der Waals surface area contributed by atoms with Gasteiger partial charge in [0, 0.05) is 34.8 Å². The lowest BCUT2D eigenvalue weighted by Crippen LogP contribution is -2.41. The number of hydrogen-bond donors (Lipinski definition) is 0. The average Bonchev–Trinajstić information content (AvgIpc) is 3.40. The number of esters is 1. The van der Waals surface area contributed by atoms with Crippen molar-refractivity contribution < 1.29 is 28.1 Å². The van der Waals surface area contributed by atoms with Crippen LogP contribution < -0.4 is 10.9 Å². The van der Waals surface area contributed by atoms with Crippen LogP contribution in [0.4, 0.5) is 0 Å². The number of ether oxygens (including phenoxy) is 1. The Balaban J connectivity index is 1.49. The zero-order valence-electron chi connectivity index (χ0n) is 26.3. The third-order valence-corrected chi connectivity index (χ3v) is 9.53. The first-order chi connectivity index (χ1) is 19.2. The van der Waals surface area contributed by atoms with Gasteiger partial charge < -0.3 is 27.9 Å². The van der Waals surface area contributed by atoms with Gasteiger partial charge in [-0.05, 0) is 98.2 Å². The minimum Gasteiger partial charge on any atom is -0.466 e. The molecule has 9 heteroatoms. The predicted octanol–water partition coefficient (Wildman–Crippen LogP) is 5.52. The molecular weight excluding hydrogens is 516 g/mol. The largest absolute Gasteiger partial charge is 0.494 e. The number of rotatable bonds is 9. The molecular formula is C32H45B2NO6. The average molecular weight is 561 g/mol. The van der Waals surface area contributed by atoms with Crippen molar-refractivity contribution in [3.63, 3.8) is 0 Å². The summed E-state index contributed by atoms with van der Waals surface area (Å²) in [5, 5.41) is 2.30. The van der Waals surface area contributed by atoms with Gasteiger partial charge in [-0.2, -0.15) is 0 Å². The van der Waals surface area contributed by atoms with E-state index < -0.39 is 36.6 Å². The molecule has 7 nitrogen and oxygen atoms in total. The molecule has 0 atom stereocenters. The van der Waals surface area contributed by atoms with Crippen LogP contribution in [0.2, 0.25) is 0 Å². The van der Waals surface area contributed by atoms with Crippen LogP contribution in [-0.4, -0.2) is 53.8 Å². The Morgan fingerprint density at radius 1 is 0.707 bits per heavy atom. The SMILES string of the molecule is CCOC(=O)CCCCCn1c2ccc(B3OC(C)(C)C(C)(C)O3)cc2c2cc(B3OC(C)(C)C(C)(C)O3)ccc21. The Kier molecular flexibility index (Phi) is 7.90. The number of benzene rings is 2. The quantitative estimate of drug-likeness (QED) is 0.195. The number of hydrogen-bond acceptors (Lipinski definition) is 6. The van der Waals surface area contributed by atoms with Crippen LogP contribution in [0.5, 0.6) is 0 Å². The van der Waals surface area contributed by atoms with Crippen molar-refractivity contribution in [3.05, 3.63) is 36.4 Å². The van der Waals surface area contributed by atoms with E-state index in [9.17, 15) is 4.79 Å². The summed E-state index contributed by atoms with van der Waals surface area (Å²) < 4.78 is 33.0. The van der Waals surface area contributed by atoms with Gasteiger partial charge in [-0.1, -0.05) is 30.7 Å². The zero-order valence-corrected chi connectivity index (χ0v) is 26.3. The maximum Gasteiger partial charge on any atom is 0.494 e. The molecule has 0 amide bonds. The second-order valence-corrected chi connectivity index (χ2v) is 13.5. The van der Waals surface area contributed by atoms with Crippen molar-refractivity contribution in [2.75, 3.05) is 6.61 Å². The van der Waals surface area contributed by atoms with E-state index >= 15 is 0 Å². The van der Waals surface area contributed by atoms with Crippen LogP contribution in [0.3, 0.4) is 0 Å². The van der Waals surface area contributed by atoms with Crippen molar-refractivity contribution in [1.82, 2.24) is 4.57 Å². The second-order valence-electron chi connectivity index (χ2n) is 13.5. The monoisotopic (exact) mass is 561 g/mol. The summed E-state index contributed by atoms with van der Waals surface area (Å²) >= 11 is 0. The fraction of sp³-hybridized carbons (Fsp3) is 0.594. The molecule has 0 unspecified atom stereocenters. The van der Waals surface area contributed by atoms with Gasteiger partial charge >= 0.3 is 20.2 Å². The summed E-state index contributed by atoms with van der Waals surface area (Å²) in [7, 11) is -0.867. The highest BCUT2D eigenvalue weighted by atomic mass is 16.7. The van der Waals surface area contributed by atoms with E-state index in [0.717, 1.165) is 58.5 Å². The van der Waals surface area contributed by atoms with Crippen LogP contribution in [0.25, 0.3) is 21.8 Å². The topological polar surface area (TPSA) is 68.2 Å². The third-order valence-electron chi connectivity index (χ3n) is 9.53. The first-order valence-electron chi connectivity index (χ1n) is 15.1. The van der Waals surface area contributed by atoms with Crippen molar-refractivity contribution >= 4 is 52.9 Å². The van der Waals surface area contributed by atoms with E-state index in [-0.39, 0.29) is 5.97 Å². The van der Waals surface area contributed by atoms with Crippen LogP contribution >= 0.6 is 0 Å². The van der Waals surface area contributed by atoms with Gasteiger partial charge in [0.05, 0.1) is 29.0 Å². The fourth-order valence-electron chi connectivity index (χ4n) is 5.58. The van der Waals surface area contributed by atoms with E-state index in [1.807, 2.05) is 6.92 Å². The summed E-state index contributed by atoms with van der Waals surface area (Å²) in [5.74, 6) is -0.116. The minimum absolute atomic E-state index is 0.116. The lowest BCUT2D eigenvalue weighted by molar-refractivity contribution is -0.143. The number of aromatic nitrogens is 1. The molecule has 220 valence electrons. The first-order valence-corrected chi connectivity index (χ1v) is 15.1. The number of carbonyl (C=O) groups is 1. The molecule has 2 saturated heterocycles. The standard InChI is InChI=1S/C32H45B2NO6/c1-10-37-28(36)14-12-11-13-19-35-26-17-15-22(33-38-29(2,3)30(4,5)39-33)20-24(26)25-21-23(16-18-27(25)35)34-40-31(6,7)32(8,9)41-34/h15-18,20-21H,10-14,19H2,1-9H3. The van der Waals surface area contributed by atoms with Crippen LogP contribution in [0, 0.1) is 0 Å². The van der Waals surface area contributed by atoms with Crippen molar-refractivity contribution in [2.45, 2.75) is 117 Å². The van der Waals surface area contributed by atoms with Crippen LogP contribution in [0.1, 0.15) is 88.0 Å². The second kappa shape index (κ2) is 10.7. The van der Waals surface area contributed by atoms with Gasteiger partial charge in [0.2, 0.25) is 0 Å². The van der Waals surface area contributed by atoms with Crippen molar-refractivity contribution in [3.8, 4) is 0 Å². The van der Waals surface area contributed by atoms with Gasteiger partial charge in [-0.15, -0.1) is 0 Å². The normalized spacial score (nSPS) is 20.8. The first kappa shape index (κ1) is 30.1. The molecule has 0 saturated carbocycles. The highest BCUT2D eigenvalue weighted by Gasteiger charge is 2.53. The number of carbonyl (C=O) groups excluding carboxylic acids is 1. The maximum absolute atomic E-state index is 11.8. The molecule has 41 heavy (non-hydrogen) atoms. The highest BCUT2D eigenvalue weighted by Crippen LogP contribution is 2.38. The summed E-state index contributed by atoms with van der Waals surface area (Å²) in [6.45, 7) is 19.8. The predicted molar refractivity (Wildman–Crippen MR) is 166 cm³/mol. The molecule has 5 rings (SSSR count). The molecule has 0 aliphatic carbocycles. The van der Waals surface area contributed by atoms with E-state index in [4.69, 9.17) is 23.4 Å². The fourth-order valence-corrected chi connectivity index (χ4v) is 5.58. The van der Waals surface area contributed by atoms with Gasteiger partial charge in [0.1, 0.15) is 0 Å². The Labute approximate surface area is 245 Å². The molecule has 0 N–H and O–H groups in total. The number of unbranched alkanes of at least 4 members (excludes halogenated alkanes) is 2. The molecule has 2 aromatic carbocycles. The number of nitrogens with zero attached hydrogens (tertiary/aromatic N) is 1. The van der Waals surface area contributed by atoms with Crippen molar-refractivity contribution in [1.29, 1.82) is 0 Å². The van der Waals surface area contributed by atoms with Gasteiger partial charge in [0.15, 0.2) is 0 Å². The minimum atomic E-state index is -0.433. The zero-order chi connectivity index (χ0) is 29.8. The lowest BCUT2D eigenvalue weighted by atomic mass is 9.77. The van der Waals surface area contributed by atoms with Crippen LogP contribution in [0.15, 0.2) is 36.4 Å². The van der Waals surface area contributed by atoms with E-state index in [0.29, 0.717) is 13.0 Å². The lowest BCUT2D eigenvalue weighted by Gasteiger charge is -2.32. The Bertz CT molecular complexity index is 1320. The Morgan fingerprint density at radius 2 is 1.15 bits per heavy atom. The molecule has 0 radical (unpaired) electrons. The highest BCUT2D eigenvalue weighted by molar-refractivity contribution is 6.63. The molecule has 3 aromatic rings. The number of fused-ring (bicyclic) bond motifs is 3. The van der Waals surface area contributed by atoms with E-state index in [1.165, 1.54) is 0 Å². The number of aryl methyl sites for hydroxylation is 1. The van der Waals surface area contributed by atoms with E-state index in [1.54, 1.807) is 0 Å². The summed E-state index contributed by atoms with van der Waals surface area (Å²) in [5.41, 5.74) is 2.70. The molecule has 0 bridgehead atoms. The smallest absolute Gasteiger partial charge is 0.466 e. The maximum atomic E-state index is 11.8. The summed E-state index contributed by atoms with van der Waals surface area (Å²) in [6, 6.07) is 13.0. The molecule has 2 aliphatic rings. The molecule has 2 fully saturated rings. The molecule has 1 aromatic heterocycles. The van der Waals surface area contributed by atoms with Crippen LogP contribution in [-0.2, 0) is 34.7 Å². The van der Waals surface area contributed by atoms with Gasteiger partial charge in [0.25, 0.3) is 0 Å².